The first kappa shape index (κ1) is 11.2. The van der Waals surface area contributed by atoms with Crippen LogP contribution in [-0.2, 0) is 6.42 Å². The van der Waals surface area contributed by atoms with E-state index in [-0.39, 0.29) is 0 Å². The summed E-state index contributed by atoms with van der Waals surface area (Å²) >= 11 is 5.95. The molecule has 0 spiro atoms. The summed E-state index contributed by atoms with van der Waals surface area (Å²) < 4.78 is 1.89. The minimum Gasteiger partial charge on any atom is -0.330 e. The Kier molecular flexibility index (Phi) is 3.27. The Morgan fingerprint density at radius 2 is 2.19 bits per heavy atom. The molecule has 0 fully saturated rings. The maximum Gasteiger partial charge on any atom is 0.0663 e. The number of nitrogens with zero attached hydrogens (tertiary/aromatic N) is 2. The van der Waals surface area contributed by atoms with Gasteiger partial charge in [0, 0.05) is 17.1 Å². The van der Waals surface area contributed by atoms with Crippen molar-refractivity contribution in [1.29, 1.82) is 0 Å². The van der Waals surface area contributed by atoms with Crippen molar-refractivity contribution in [2.75, 3.05) is 6.54 Å². The minimum atomic E-state index is 0.617. The first-order chi connectivity index (χ1) is 7.70. The average Bonchev–Trinajstić information content (AvgIpc) is 2.60. The fourth-order valence-corrected chi connectivity index (χ4v) is 1.86. The second-order valence-electron chi connectivity index (χ2n) is 3.71. The molecular weight excluding hydrogens is 222 g/mol. The van der Waals surface area contributed by atoms with Crippen LogP contribution in [0.25, 0.3) is 5.69 Å². The molecule has 0 radical (unpaired) electrons. The summed E-state index contributed by atoms with van der Waals surface area (Å²) in [5.41, 5.74) is 8.59. The van der Waals surface area contributed by atoms with Crippen LogP contribution in [0.4, 0.5) is 0 Å². The highest BCUT2D eigenvalue weighted by Crippen LogP contribution is 2.16. The van der Waals surface area contributed by atoms with Gasteiger partial charge in [-0.1, -0.05) is 17.7 Å². The summed E-state index contributed by atoms with van der Waals surface area (Å²) in [4.78, 5) is 0. The van der Waals surface area contributed by atoms with Crippen LogP contribution in [0.15, 0.2) is 30.3 Å². The molecule has 0 aliphatic carbocycles. The Morgan fingerprint density at radius 3 is 2.88 bits per heavy atom. The monoisotopic (exact) mass is 235 g/mol. The second kappa shape index (κ2) is 4.68. The van der Waals surface area contributed by atoms with Crippen LogP contribution < -0.4 is 5.73 Å². The third-order valence-corrected chi connectivity index (χ3v) is 2.63. The Morgan fingerprint density at radius 1 is 1.38 bits per heavy atom. The Bertz CT molecular complexity index is 491. The normalized spacial score (nSPS) is 10.7. The van der Waals surface area contributed by atoms with Gasteiger partial charge >= 0.3 is 0 Å². The molecule has 2 rings (SSSR count). The smallest absolute Gasteiger partial charge is 0.0663 e. The topological polar surface area (TPSA) is 43.8 Å². The molecule has 0 bridgehead atoms. The molecule has 0 saturated heterocycles. The van der Waals surface area contributed by atoms with E-state index < -0.39 is 0 Å². The number of aromatic nitrogens is 2. The molecule has 3 nitrogen and oxygen atoms in total. The molecule has 84 valence electrons. The first-order valence-corrected chi connectivity index (χ1v) is 5.60. The summed E-state index contributed by atoms with van der Waals surface area (Å²) in [6.45, 7) is 2.64. The largest absolute Gasteiger partial charge is 0.330 e. The van der Waals surface area contributed by atoms with Gasteiger partial charge in [-0.3, -0.25) is 0 Å². The molecule has 1 aromatic heterocycles. The second-order valence-corrected chi connectivity index (χ2v) is 4.14. The molecule has 0 aliphatic heterocycles. The van der Waals surface area contributed by atoms with Gasteiger partial charge in [-0.25, -0.2) is 4.68 Å². The number of hydrogen-bond donors (Lipinski definition) is 1. The van der Waals surface area contributed by atoms with Crippen LogP contribution in [0.3, 0.4) is 0 Å². The highest BCUT2D eigenvalue weighted by atomic mass is 35.5. The van der Waals surface area contributed by atoms with E-state index in [0.29, 0.717) is 11.6 Å². The van der Waals surface area contributed by atoms with E-state index in [0.717, 1.165) is 23.5 Å². The van der Waals surface area contributed by atoms with E-state index >= 15 is 0 Å². The van der Waals surface area contributed by atoms with Crippen molar-refractivity contribution in [2.45, 2.75) is 13.3 Å². The average molecular weight is 236 g/mol. The van der Waals surface area contributed by atoms with E-state index in [2.05, 4.69) is 5.10 Å². The number of hydrogen-bond acceptors (Lipinski definition) is 2. The SMILES string of the molecule is Cc1cc(CCN)nn1-c1cccc(Cl)c1. The lowest BCUT2D eigenvalue weighted by Crippen LogP contribution is -2.04. The summed E-state index contributed by atoms with van der Waals surface area (Å²) in [6.07, 6.45) is 0.800. The van der Waals surface area contributed by atoms with Crippen molar-refractivity contribution in [3.05, 3.63) is 46.7 Å². The van der Waals surface area contributed by atoms with Crippen molar-refractivity contribution >= 4 is 11.6 Å². The lowest BCUT2D eigenvalue weighted by atomic mass is 10.3. The zero-order valence-electron chi connectivity index (χ0n) is 9.15. The van der Waals surface area contributed by atoms with Crippen LogP contribution in [0.2, 0.25) is 5.02 Å². The Balaban J connectivity index is 2.40. The van der Waals surface area contributed by atoms with Crippen LogP contribution in [0, 0.1) is 6.92 Å². The molecule has 1 heterocycles. The third-order valence-electron chi connectivity index (χ3n) is 2.39. The zero-order chi connectivity index (χ0) is 11.5. The summed E-state index contributed by atoms with van der Waals surface area (Å²) in [5, 5.41) is 5.20. The zero-order valence-corrected chi connectivity index (χ0v) is 9.91. The van der Waals surface area contributed by atoms with E-state index in [1.807, 2.05) is 41.9 Å². The molecule has 4 heteroatoms. The minimum absolute atomic E-state index is 0.617. The van der Waals surface area contributed by atoms with Crippen molar-refractivity contribution in [3.8, 4) is 5.69 Å². The van der Waals surface area contributed by atoms with Gasteiger partial charge in [0.1, 0.15) is 0 Å². The molecule has 0 saturated carbocycles. The predicted octanol–water partition coefficient (Wildman–Crippen LogP) is 2.34. The van der Waals surface area contributed by atoms with Gasteiger partial charge in [-0.2, -0.15) is 5.10 Å². The van der Waals surface area contributed by atoms with E-state index in [1.54, 1.807) is 0 Å². The standard InChI is InChI=1S/C12H14ClN3/c1-9-7-11(5-6-14)15-16(9)12-4-2-3-10(13)8-12/h2-4,7-8H,5-6,14H2,1H3. The lowest BCUT2D eigenvalue weighted by Gasteiger charge is -2.04. The van der Waals surface area contributed by atoms with Crippen LogP contribution >= 0.6 is 11.6 Å². The number of benzene rings is 1. The highest BCUT2D eigenvalue weighted by molar-refractivity contribution is 6.30. The van der Waals surface area contributed by atoms with E-state index in [4.69, 9.17) is 17.3 Å². The van der Waals surface area contributed by atoms with Gasteiger partial charge in [-0.05, 0) is 37.7 Å². The van der Waals surface area contributed by atoms with Gasteiger partial charge in [0.25, 0.3) is 0 Å². The van der Waals surface area contributed by atoms with Crippen molar-refractivity contribution < 1.29 is 0 Å². The highest BCUT2D eigenvalue weighted by Gasteiger charge is 2.05. The molecule has 1 aromatic carbocycles. The quantitative estimate of drug-likeness (QED) is 0.888. The predicted molar refractivity (Wildman–Crippen MR) is 66.1 cm³/mol. The van der Waals surface area contributed by atoms with Crippen molar-refractivity contribution in [1.82, 2.24) is 9.78 Å². The number of rotatable bonds is 3. The Hall–Kier alpha value is -1.32. The number of aryl methyl sites for hydroxylation is 1. The maximum atomic E-state index is 5.95. The molecule has 16 heavy (non-hydrogen) atoms. The van der Waals surface area contributed by atoms with E-state index in [1.165, 1.54) is 0 Å². The van der Waals surface area contributed by atoms with Crippen LogP contribution in [-0.4, -0.2) is 16.3 Å². The molecule has 0 amide bonds. The summed E-state index contributed by atoms with van der Waals surface area (Å²) in [7, 11) is 0. The van der Waals surface area contributed by atoms with Crippen LogP contribution in [0.1, 0.15) is 11.4 Å². The Labute approximate surface area is 99.8 Å². The fourth-order valence-electron chi connectivity index (χ4n) is 1.68. The maximum absolute atomic E-state index is 5.95. The van der Waals surface area contributed by atoms with Gasteiger partial charge < -0.3 is 5.73 Å². The van der Waals surface area contributed by atoms with Crippen molar-refractivity contribution in [3.63, 3.8) is 0 Å². The van der Waals surface area contributed by atoms with Gasteiger partial charge in [0.15, 0.2) is 0 Å². The molecule has 0 aliphatic rings. The van der Waals surface area contributed by atoms with E-state index in [9.17, 15) is 0 Å². The third kappa shape index (κ3) is 2.26. The van der Waals surface area contributed by atoms with Crippen molar-refractivity contribution in [2.24, 2.45) is 5.73 Å². The summed E-state index contributed by atoms with van der Waals surface area (Å²) in [5.74, 6) is 0. The molecule has 0 atom stereocenters. The lowest BCUT2D eigenvalue weighted by molar-refractivity contribution is 0.804. The molecule has 2 aromatic rings. The van der Waals surface area contributed by atoms with Gasteiger partial charge in [0.05, 0.1) is 11.4 Å². The number of nitrogens with two attached hydrogens (primary N) is 1. The fraction of sp³-hybridized carbons (Fsp3) is 0.250. The first-order valence-electron chi connectivity index (χ1n) is 5.22. The molecule has 0 unspecified atom stereocenters. The van der Waals surface area contributed by atoms with Gasteiger partial charge in [0.2, 0.25) is 0 Å². The number of halogens is 1. The van der Waals surface area contributed by atoms with Gasteiger partial charge in [-0.15, -0.1) is 0 Å². The summed E-state index contributed by atoms with van der Waals surface area (Å²) in [6, 6.07) is 9.70. The molecular formula is C12H14ClN3. The van der Waals surface area contributed by atoms with Crippen LogP contribution in [0.5, 0.6) is 0 Å². The molecule has 2 N–H and O–H groups in total.